The number of methoxy groups -OCH3 is 1. The summed E-state index contributed by atoms with van der Waals surface area (Å²) in [5, 5.41) is 0. The van der Waals surface area contributed by atoms with Crippen LogP contribution in [-0.4, -0.2) is 26.4 Å². The van der Waals surface area contributed by atoms with E-state index in [0.29, 0.717) is 17.7 Å². The number of hydrogen-bond donors (Lipinski definition) is 1. The van der Waals surface area contributed by atoms with Gasteiger partial charge in [-0.2, -0.15) is 0 Å². The van der Waals surface area contributed by atoms with Gasteiger partial charge in [0.2, 0.25) is 5.91 Å². The molecule has 1 amide bonds. The van der Waals surface area contributed by atoms with Gasteiger partial charge in [-0.1, -0.05) is 6.07 Å². The van der Waals surface area contributed by atoms with Gasteiger partial charge < -0.3 is 4.74 Å². The van der Waals surface area contributed by atoms with Gasteiger partial charge in [-0.25, -0.2) is 13.1 Å². The highest BCUT2D eigenvalue weighted by Crippen LogP contribution is 2.47. The van der Waals surface area contributed by atoms with E-state index in [1.807, 2.05) is 12.1 Å². The lowest BCUT2D eigenvalue weighted by molar-refractivity contribution is -0.120. The zero-order valence-electron chi connectivity index (χ0n) is 14.3. The average molecular weight is 360 g/mol. The van der Waals surface area contributed by atoms with Crippen molar-refractivity contribution in [1.82, 2.24) is 9.71 Å². The lowest BCUT2D eigenvalue weighted by atomic mass is 10.1. The predicted molar refractivity (Wildman–Crippen MR) is 92.9 cm³/mol. The molecule has 2 aromatic rings. The molecule has 1 fully saturated rings. The van der Waals surface area contributed by atoms with E-state index in [1.165, 1.54) is 13.2 Å². The number of amides is 1. The molecule has 1 aromatic carbocycles. The third-order valence-electron chi connectivity index (χ3n) is 4.67. The number of rotatable bonds is 5. The molecule has 0 aliphatic heterocycles. The van der Waals surface area contributed by atoms with Gasteiger partial charge in [0, 0.05) is 18.3 Å². The van der Waals surface area contributed by atoms with Crippen molar-refractivity contribution >= 4 is 15.9 Å². The molecular weight excluding hydrogens is 340 g/mol. The van der Waals surface area contributed by atoms with E-state index in [9.17, 15) is 13.2 Å². The van der Waals surface area contributed by atoms with Crippen molar-refractivity contribution in [2.24, 2.45) is 5.92 Å². The summed E-state index contributed by atoms with van der Waals surface area (Å²) in [6, 6.07) is 6.76. The van der Waals surface area contributed by atoms with Crippen LogP contribution < -0.4 is 9.46 Å². The lowest BCUT2D eigenvalue weighted by Crippen LogP contribution is -2.32. The van der Waals surface area contributed by atoms with Gasteiger partial charge in [0.15, 0.2) is 0 Å². The minimum absolute atomic E-state index is 0.0302. The molecule has 25 heavy (non-hydrogen) atoms. The van der Waals surface area contributed by atoms with Gasteiger partial charge in [-0.05, 0) is 61.1 Å². The summed E-state index contributed by atoms with van der Waals surface area (Å²) in [7, 11) is -2.39. The fourth-order valence-electron chi connectivity index (χ4n) is 2.99. The van der Waals surface area contributed by atoms with Crippen LogP contribution in [0.15, 0.2) is 41.6 Å². The van der Waals surface area contributed by atoms with Crippen LogP contribution in [-0.2, 0) is 14.8 Å². The third-order valence-corrected chi connectivity index (χ3v) is 6.16. The number of nitrogens with one attached hydrogen (secondary N) is 1. The van der Waals surface area contributed by atoms with Crippen LogP contribution in [0.1, 0.15) is 29.0 Å². The molecule has 1 heterocycles. The zero-order valence-corrected chi connectivity index (χ0v) is 15.1. The Hall–Kier alpha value is -2.41. The normalized spacial score (nSPS) is 19.3. The Morgan fingerprint density at radius 2 is 2.00 bits per heavy atom. The van der Waals surface area contributed by atoms with Crippen molar-refractivity contribution in [1.29, 1.82) is 0 Å². The van der Waals surface area contributed by atoms with E-state index >= 15 is 0 Å². The van der Waals surface area contributed by atoms with Gasteiger partial charge in [-0.3, -0.25) is 9.78 Å². The number of benzene rings is 1. The molecular formula is C18H20N2O4S. The molecule has 0 saturated heterocycles. The summed E-state index contributed by atoms with van der Waals surface area (Å²) < 4.78 is 32.6. The largest absolute Gasteiger partial charge is 0.496 e. The molecule has 3 rings (SSSR count). The van der Waals surface area contributed by atoms with Gasteiger partial charge in [0.05, 0.1) is 12.0 Å². The highest BCUT2D eigenvalue weighted by atomic mass is 32.2. The first-order chi connectivity index (χ1) is 11.8. The van der Waals surface area contributed by atoms with E-state index in [2.05, 4.69) is 9.71 Å². The number of carbonyl (C=O) groups is 1. The lowest BCUT2D eigenvalue weighted by Gasteiger charge is -2.13. The molecule has 1 aromatic heterocycles. The Morgan fingerprint density at radius 3 is 2.64 bits per heavy atom. The van der Waals surface area contributed by atoms with E-state index in [0.717, 1.165) is 11.1 Å². The molecule has 0 spiro atoms. The van der Waals surface area contributed by atoms with Gasteiger partial charge in [-0.15, -0.1) is 0 Å². The van der Waals surface area contributed by atoms with Crippen LogP contribution in [0.4, 0.5) is 0 Å². The Morgan fingerprint density at radius 1 is 1.24 bits per heavy atom. The summed E-state index contributed by atoms with van der Waals surface area (Å²) in [6.45, 7) is 3.49. The number of ether oxygens (including phenoxy) is 1. The highest BCUT2D eigenvalue weighted by molar-refractivity contribution is 7.90. The maximum Gasteiger partial charge on any atom is 0.264 e. The standard InChI is InChI=1S/C18H20N2O4S/c1-11-12(2)17(7-6-16(11)24-3)25(22,23)20-18(21)15-9-14(15)13-5-4-8-19-10-13/h4-8,10,14-15H,9H2,1-3H3,(H,20,21)/t14-,15-/m0/s1. The average Bonchev–Trinajstić information content (AvgIpc) is 3.38. The topological polar surface area (TPSA) is 85.4 Å². The molecule has 0 radical (unpaired) electrons. The minimum Gasteiger partial charge on any atom is -0.496 e. The molecule has 1 aliphatic rings. The van der Waals surface area contributed by atoms with E-state index in [-0.39, 0.29) is 16.7 Å². The molecule has 1 aliphatic carbocycles. The smallest absolute Gasteiger partial charge is 0.264 e. The summed E-state index contributed by atoms with van der Waals surface area (Å²) in [4.78, 5) is 16.5. The van der Waals surface area contributed by atoms with Crippen molar-refractivity contribution in [3.05, 3.63) is 53.3 Å². The zero-order chi connectivity index (χ0) is 18.2. The Bertz CT molecular complexity index is 910. The van der Waals surface area contributed by atoms with Gasteiger partial charge >= 0.3 is 0 Å². The number of sulfonamides is 1. The van der Waals surface area contributed by atoms with E-state index < -0.39 is 15.9 Å². The van der Waals surface area contributed by atoms with Crippen LogP contribution in [0.5, 0.6) is 5.75 Å². The maximum atomic E-state index is 12.6. The van der Waals surface area contributed by atoms with Crippen LogP contribution >= 0.6 is 0 Å². The summed E-state index contributed by atoms with van der Waals surface area (Å²) in [5.74, 6) is -0.162. The maximum absolute atomic E-state index is 12.6. The second-order valence-corrected chi connectivity index (χ2v) is 7.87. The Kier molecular flexibility index (Phi) is 4.51. The van der Waals surface area contributed by atoms with E-state index in [4.69, 9.17) is 4.74 Å². The second-order valence-electron chi connectivity index (χ2n) is 6.22. The summed E-state index contributed by atoms with van der Waals surface area (Å²) in [6.07, 6.45) is 4.01. The number of hydrogen-bond acceptors (Lipinski definition) is 5. The van der Waals surface area contributed by atoms with Crippen LogP contribution in [0.25, 0.3) is 0 Å². The molecule has 6 nitrogen and oxygen atoms in total. The van der Waals surface area contributed by atoms with Crippen molar-refractivity contribution < 1.29 is 17.9 Å². The first-order valence-corrected chi connectivity index (χ1v) is 9.44. The van der Waals surface area contributed by atoms with E-state index in [1.54, 1.807) is 32.3 Å². The van der Waals surface area contributed by atoms with Crippen molar-refractivity contribution in [2.45, 2.75) is 31.1 Å². The van der Waals surface area contributed by atoms with Crippen LogP contribution in [0.2, 0.25) is 0 Å². The second kappa shape index (κ2) is 6.48. The molecule has 1 saturated carbocycles. The number of carbonyl (C=O) groups excluding carboxylic acids is 1. The highest BCUT2D eigenvalue weighted by Gasteiger charge is 2.45. The molecule has 1 N–H and O–H groups in total. The first kappa shape index (κ1) is 17.4. The molecule has 7 heteroatoms. The monoisotopic (exact) mass is 360 g/mol. The van der Waals surface area contributed by atoms with Gasteiger partial charge in [0.1, 0.15) is 5.75 Å². The van der Waals surface area contributed by atoms with Gasteiger partial charge in [0.25, 0.3) is 10.0 Å². The first-order valence-electron chi connectivity index (χ1n) is 7.96. The molecule has 2 atom stereocenters. The number of nitrogens with zero attached hydrogens (tertiary/aromatic N) is 1. The summed E-state index contributed by atoms with van der Waals surface area (Å²) in [5.41, 5.74) is 2.26. The van der Waals surface area contributed by atoms with Crippen molar-refractivity contribution in [3.8, 4) is 5.75 Å². The summed E-state index contributed by atoms with van der Waals surface area (Å²) >= 11 is 0. The van der Waals surface area contributed by atoms with Crippen LogP contribution in [0.3, 0.4) is 0 Å². The molecule has 132 valence electrons. The van der Waals surface area contributed by atoms with Crippen molar-refractivity contribution in [2.75, 3.05) is 7.11 Å². The van der Waals surface area contributed by atoms with Crippen molar-refractivity contribution in [3.63, 3.8) is 0 Å². The number of pyridine rings is 1. The molecule has 0 bridgehead atoms. The Balaban J connectivity index is 1.77. The molecule has 0 unspecified atom stereocenters. The SMILES string of the molecule is COc1ccc(S(=O)(=O)NC(=O)[C@H]2C[C@H]2c2cccnc2)c(C)c1C. The predicted octanol–water partition coefficient (Wildman–Crippen LogP) is 2.32. The van der Waals surface area contributed by atoms with Crippen LogP contribution in [0, 0.1) is 19.8 Å². The number of aromatic nitrogens is 1. The minimum atomic E-state index is -3.92. The third kappa shape index (κ3) is 3.37. The fraction of sp³-hybridized carbons (Fsp3) is 0.333. The quantitative estimate of drug-likeness (QED) is 0.884. The fourth-order valence-corrected chi connectivity index (χ4v) is 4.32. The Labute approximate surface area is 147 Å².